The average Bonchev–Trinajstić information content (AvgIpc) is 2.25. The molecular weight excluding hydrogens is 289 g/mol. The fraction of sp³-hybridized carbons (Fsp3) is 0.417. The molecule has 106 valence electrons. The summed E-state index contributed by atoms with van der Waals surface area (Å²) in [5, 5.41) is 3.03. The molecule has 0 aromatic heterocycles. The van der Waals surface area contributed by atoms with E-state index in [1.807, 2.05) is 0 Å². The van der Waals surface area contributed by atoms with Gasteiger partial charge in [-0.1, -0.05) is 17.7 Å². The van der Waals surface area contributed by atoms with Crippen LogP contribution in [0.25, 0.3) is 0 Å². The van der Waals surface area contributed by atoms with Crippen molar-refractivity contribution in [3.8, 4) is 5.75 Å². The monoisotopic (exact) mass is 305 g/mol. The van der Waals surface area contributed by atoms with Crippen LogP contribution < -0.4 is 9.61 Å². The van der Waals surface area contributed by atoms with Gasteiger partial charge in [0.25, 0.3) is 0 Å². The normalized spacial score (nSPS) is 13.9. The third kappa shape index (κ3) is 6.62. The number of ether oxygens (including phenoxy) is 1. The number of carbonyl (C=O) groups excluding carboxylic acids is 1. The second-order valence-electron chi connectivity index (χ2n) is 4.27. The third-order valence-electron chi connectivity index (χ3n) is 1.95. The van der Waals surface area contributed by atoms with E-state index in [1.165, 1.54) is 6.66 Å². The highest BCUT2D eigenvalue weighted by Gasteiger charge is 2.19. The number of halogens is 1. The molecule has 7 heteroatoms. The van der Waals surface area contributed by atoms with Gasteiger partial charge in [0.05, 0.1) is 6.10 Å². The second kappa shape index (κ2) is 6.94. The van der Waals surface area contributed by atoms with E-state index in [4.69, 9.17) is 20.9 Å². The fourth-order valence-electron chi connectivity index (χ4n) is 1.27. The molecule has 1 atom stereocenters. The highest BCUT2D eigenvalue weighted by Crippen LogP contribution is 2.39. The van der Waals surface area contributed by atoms with Crippen molar-refractivity contribution < 1.29 is 18.6 Å². The summed E-state index contributed by atoms with van der Waals surface area (Å²) in [5.74, 6) is -0.102. The summed E-state index contributed by atoms with van der Waals surface area (Å²) in [6.07, 6.45) is -0.209. The van der Waals surface area contributed by atoms with E-state index in [1.54, 1.807) is 38.1 Å². The van der Waals surface area contributed by atoms with Crippen LogP contribution in [0.1, 0.15) is 13.8 Å². The van der Waals surface area contributed by atoms with E-state index in [2.05, 4.69) is 5.09 Å². The van der Waals surface area contributed by atoms with E-state index in [-0.39, 0.29) is 12.6 Å². The van der Waals surface area contributed by atoms with Gasteiger partial charge in [0.2, 0.25) is 0 Å². The molecule has 1 unspecified atom stereocenters. The largest absolute Gasteiger partial charge is 0.462 e. The first-order chi connectivity index (χ1) is 8.78. The van der Waals surface area contributed by atoms with Gasteiger partial charge in [0, 0.05) is 11.7 Å². The first-order valence-electron chi connectivity index (χ1n) is 5.76. The van der Waals surface area contributed by atoms with Crippen molar-refractivity contribution in [2.75, 3.05) is 13.2 Å². The number of nitrogens with one attached hydrogen (secondary N) is 1. The van der Waals surface area contributed by atoms with Crippen LogP contribution in [0.4, 0.5) is 0 Å². The number of hydrogen-bond donors (Lipinski definition) is 1. The maximum absolute atomic E-state index is 12.1. The predicted molar refractivity (Wildman–Crippen MR) is 74.8 cm³/mol. The van der Waals surface area contributed by atoms with E-state index < -0.39 is 13.5 Å². The Morgan fingerprint density at radius 3 is 2.74 bits per heavy atom. The summed E-state index contributed by atoms with van der Waals surface area (Å²) in [4.78, 5) is 11.3. The van der Waals surface area contributed by atoms with Crippen molar-refractivity contribution in [2.24, 2.45) is 0 Å². The highest BCUT2D eigenvalue weighted by atomic mass is 35.5. The van der Waals surface area contributed by atoms with Gasteiger partial charge in [0.15, 0.2) is 0 Å². The van der Waals surface area contributed by atoms with Gasteiger partial charge in [0.1, 0.15) is 12.3 Å². The molecule has 0 heterocycles. The molecule has 1 rings (SSSR count). The lowest BCUT2D eigenvalue weighted by atomic mass is 10.3. The van der Waals surface area contributed by atoms with Gasteiger partial charge in [-0.2, -0.15) is 0 Å². The van der Waals surface area contributed by atoms with Crippen LogP contribution in [0.3, 0.4) is 0 Å². The zero-order chi connectivity index (χ0) is 14.5. The Bertz CT molecular complexity index is 492. The molecule has 1 N–H and O–H groups in total. The summed E-state index contributed by atoms with van der Waals surface area (Å²) in [5.41, 5.74) is 0. The summed E-state index contributed by atoms with van der Waals surface area (Å²) >= 11 is 5.79. The van der Waals surface area contributed by atoms with Crippen LogP contribution >= 0.6 is 19.1 Å². The minimum Gasteiger partial charge on any atom is -0.462 e. The van der Waals surface area contributed by atoms with Crippen molar-refractivity contribution in [1.29, 1.82) is 0 Å². The third-order valence-corrected chi connectivity index (χ3v) is 3.48. The summed E-state index contributed by atoms with van der Waals surface area (Å²) in [6.45, 7) is 4.70. The highest BCUT2D eigenvalue weighted by molar-refractivity contribution is 7.56. The molecule has 0 aliphatic rings. The lowest BCUT2D eigenvalue weighted by Crippen LogP contribution is -2.25. The molecule has 0 saturated heterocycles. The van der Waals surface area contributed by atoms with Gasteiger partial charge in [-0.15, -0.1) is 0 Å². The minimum absolute atomic E-state index is 0.174. The van der Waals surface area contributed by atoms with E-state index in [0.717, 1.165) is 0 Å². The van der Waals surface area contributed by atoms with Crippen molar-refractivity contribution in [3.05, 3.63) is 29.3 Å². The second-order valence-corrected chi connectivity index (χ2v) is 6.89. The first-order valence-corrected chi connectivity index (χ1v) is 8.21. The molecule has 0 aliphatic heterocycles. The summed E-state index contributed by atoms with van der Waals surface area (Å²) in [7, 11) is -3.14. The van der Waals surface area contributed by atoms with Crippen LogP contribution in [0.2, 0.25) is 5.02 Å². The molecule has 0 radical (unpaired) electrons. The predicted octanol–water partition coefficient (Wildman–Crippen LogP) is 3.08. The molecule has 19 heavy (non-hydrogen) atoms. The Kier molecular flexibility index (Phi) is 5.85. The van der Waals surface area contributed by atoms with E-state index >= 15 is 0 Å². The van der Waals surface area contributed by atoms with Crippen LogP contribution in [0, 0.1) is 0 Å². The van der Waals surface area contributed by atoms with E-state index in [0.29, 0.717) is 10.8 Å². The van der Waals surface area contributed by atoms with Crippen LogP contribution in [-0.4, -0.2) is 25.3 Å². The molecule has 5 nitrogen and oxygen atoms in total. The van der Waals surface area contributed by atoms with Gasteiger partial charge >= 0.3 is 13.5 Å². The van der Waals surface area contributed by atoms with Gasteiger partial charge in [-0.05, 0) is 32.0 Å². The Morgan fingerprint density at radius 2 is 2.16 bits per heavy atom. The van der Waals surface area contributed by atoms with Crippen molar-refractivity contribution in [2.45, 2.75) is 20.0 Å². The van der Waals surface area contributed by atoms with Gasteiger partial charge < -0.3 is 9.26 Å². The lowest BCUT2D eigenvalue weighted by Gasteiger charge is -2.16. The molecule has 0 saturated carbocycles. The number of hydrogen-bond acceptors (Lipinski definition) is 4. The maximum Gasteiger partial charge on any atom is 0.320 e. The number of carbonyl (C=O) groups is 1. The van der Waals surface area contributed by atoms with Crippen LogP contribution in [-0.2, 0) is 14.1 Å². The summed E-state index contributed by atoms with van der Waals surface area (Å²) < 4.78 is 22.3. The minimum atomic E-state index is -3.14. The standard InChI is InChI=1S/C12H17ClNO4P/c1-9(2)17-12(15)8-14-19(3,16)18-11-6-4-5-10(13)7-11/h4-7,9H,8H2,1-3H3,(H,14,16). The number of benzene rings is 1. The molecule has 0 fully saturated rings. The van der Waals surface area contributed by atoms with Gasteiger partial charge in [-0.3, -0.25) is 9.36 Å². The Balaban J connectivity index is 2.52. The zero-order valence-corrected chi connectivity index (χ0v) is 12.7. The molecule has 1 aromatic rings. The molecule has 0 spiro atoms. The van der Waals surface area contributed by atoms with E-state index in [9.17, 15) is 9.36 Å². The van der Waals surface area contributed by atoms with Crippen molar-refractivity contribution in [1.82, 2.24) is 5.09 Å². The smallest absolute Gasteiger partial charge is 0.320 e. The molecule has 0 amide bonds. The number of rotatable bonds is 6. The molecule has 0 aliphatic carbocycles. The van der Waals surface area contributed by atoms with Crippen LogP contribution in [0.15, 0.2) is 24.3 Å². The Labute approximate surface area is 117 Å². The lowest BCUT2D eigenvalue weighted by molar-refractivity contribution is -0.145. The fourth-order valence-corrected chi connectivity index (χ4v) is 2.45. The number of esters is 1. The van der Waals surface area contributed by atoms with Crippen LogP contribution in [0.5, 0.6) is 5.75 Å². The molecular formula is C12H17ClNO4P. The Hall–Kier alpha value is -1.03. The SMILES string of the molecule is CC(C)OC(=O)CNP(C)(=O)Oc1cccc(Cl)c1. The van der Waals surface area contributed by atoms with Gasteiger partial charge in [-0.25, -0.2) is 5.09 Å². The first kappa shape index (κ1) is 16.0. The van der Waals surface area contributed by atoms with Crippen molar-refractivity contribution in [3.63, 3.8) is 0 Å². The quantitative estimate of drug-likeness (QED) is 0.646. The summed E-state index contributed by atoms with van der Waals surface area (Å²) in [6, 6.07) is 6.55. The maximum atomic E-state index is 12.1. The average molecular weight is 306 g/mol. The molecule has 1 aromatic carbocycles. The Morgan fingerprint density at radius 1 is 1.47 bits per heavy atom. The topological polar surface area (TPSA) is 64.6 Å². The van der Waals surface area contributed by atoms with Crippen molar-refractivity contribution >= 4 is 25.1 Å². The molecule has 0 bridgehead atoms. The zero-order valence-electron chi connectivity index (χ0n) is 11.1.